The van der Waals surface area contributed by atoms with Gasteiger partial charge in [0.15, 0.2) is 0 Å². The average Bonchev–Trinajstić information content (AvgIpc) is 2.87. The van der Waals surface area contributed by atoms with Gasteiger partial charge in [0.05, 0.1) is 0 Å². The molecule has 1 saturated heterocycles. The Morgan fingerprint density at radius 3 is 2.74 bits per heavy atom. The smallest absolute Gasteiger partial charge is 0.326 e. The zero-order valence-electron chi connectivity index (χ0n) is 11.6. The second kappa shape index (κ2) is 7.99. The van der Waals surface area contributed by atoms with Gasteiger partial charge < -0.3 is 20.5 Å². The molecule has 1 fully saturated rings. The highest BCUT2D eigenvalue weighted by Crippen LogP contribution is 2.15. The van der Waals surface area contributed by atoms with Crippen molar-refractivity contribution in [2.75, 3.05) is 19.8 Å². The molecule has 0 aromatic heterocycles. The molecule has 1 rings (SSSR count). The molecule has 3 atom stereocenters. The van der Waals surface area contributed by atoms with E-state index in [-0.39, 0.29) is 5.92 Å². The zero-order chi connectivity index (χ0) is 14.3. The van der Waals surface area contributed by atoms with Crippen LogP contribution < -0.4 is 10.6 Å². The zero-order valence-corrected chi connectivity index (χ0v) is 11.6. The summed E-state index contributed by atoms with van der Waals surface area (Å²) >= 11 is 0. The van der Waals surface area contributed by atoms with Crippen molar-refractivity contribution in [1.29, 1.82) is 0 Å². The highest BCUT2D eigenvalue weighted by atomic mass is 16.5. The number of amides is 2. The summed E-state index contributed by atoms with van der Waals surface area (Å²) in [6, 6.07) is -1.24. The molecule has 0 aliphatic carbocycles. The number of aliphatic carboxylic acids is 1. The molecule has 0 aromatic rings. The number of hydrogen-bond donors (Lipinski definition) is 3. The number of carbonyl (C=O) groups excluding carboxylic acids is 1. The predicted octanol–water partition coefficient (Wildman–Crippen LogP) is 1.21. The molecule has 0 radical (unpaired) electrons. The summed E-state index contributed by atoms with van der Waals surface area (Å²) in [6.45, 7) is 5.82. The van der Waals surface area contributed by atoms with Gasteiger partial charge >= 0.3 is 12.0 Å². The van der Waals surface area contributed by atoms with Gasteiger partial charge in [-0.25, -0.2) is 9.59 Å². The summed E-state index contributed by atoms with van der Waals surface area (Å²) in [5.74, 6) is -0.578. The molecular formula is C13H24N2O4. The van der Waals surface area contributed by atoms with Gasteiger partial charge in [-0.3, -0.25) is 0 Å². The third-order valence-corrected chi connectivity index (χ3v) is 3.63. The Labute approximate surface area is 113 Å². The van der Waals surface area contributed by atoms with Gasteiger partial charge in [-0.2, -0.15) is 0 Å². The van der Waals surface area contributed by atoms with Crippen molar-refractivity contribution in [1.82, 2.24) is 10.6 Å². The maximum Gasteiger partial charge on any atom is 0.326 e. The molecule has 1 unspecified atom stereocenters. The summed E-state index contributed by atoms with van der Waals surface area (Å²) in [6.07, 6.45) is 2.61. The Kier molecular flexibility index (Phi) is 6.62. The average molecular weight is 272 g/mol. The fourth-order valence-corrected chi connectivity index (χ4v) is 2.08. The Hall–Kier alpha value is -1.30. The van der Waals surface area contributed by atoms with E-state index in [1.807, 2.05) is 13.8 Å². The minimum absolute atomic E-state index is 0.0912. The summed E-state index contributed by atoms with van der Waals surface area (Å²) in [4.78, 5) is 22.7. The molecule has 110 valence electrons. The van der Waals surface area contributed by atoms with Crippen LogP contribution in [0, 0.1) is 11.8 Å². The van der Waals surface area contributed by atoms with Crippen molar-refractivity contribution >= 4 is 12.0 Å². The Balaban J connectivity index is 2.25. The predicted molar refractivity (Wildman–Crippen MR) is 71.0 cm³/mol. The largest absolute Gasteiger partial charge is 0.480 e. The van der Waals surface area contributed by atoms with Gasteiger partial charge in [-0.05, 0) is 24.7 Å². The summed E-state index contributed by atoms with van der Waals surface area (Å²) < 4.78 is 5.25. The number of nitrogens with one attached hydrogen (secondary N) is 2. The molecule has 1 heterocycles. The lowest BCUT2D eigenvalue weighted by molar-refractivity contribution is -0.140. The number of urea groups is 1. The first kappa shape index (κ1) is 15.8. The standard InChI is InChI=1S/C13H24N2O4/c1-3-9(2)11(12(16)17)15-13(18)14-6-4-10-5-7-19-8-10/h9-11H,3-8H2,1-2H3,(H,16,17)(H2,14,15,18)/t9-,10?,11-/m0/s1. The SMILES string of the molecule is CC[C@H](C)[C@H](NC(=O)NCCC1CCOC1)C(=O)O. The maximum absolute atomic E-state index is 11.6. The van der Waals surface area contributed by atoms with Crippen molar-refractivity contribution in [2.24, 2.45) is 11.8 Å². The minimum atomic E-state index is -0.992. The topological polar surface area (TPSA) is 87.7 Å². The molecular weight excluding hydrogens is 248 g/mol. The van der Waals surface area contributed by atoms with Crippen LogP contribution in [0.15, 0.2) is 0 Å². The molecule has 0 spiro atoms. The van der Waals surface area contributed by atoms with Gasteiger partial charge in [0, 0.05) is 19.8 Å². The van der Waals surface area contributed by atoms with Gasteiger partial charge in [-0.1, -0.05) is 20.3 Å². The van der Waals surface area contributed by atoms with Crippen LogP contribution >= 0.6 is 0 Å². The molecule has 0 bridgehead atoms. The highest BCUT2D eigenvalue weighted by molar-refractivity contribution is 5.82. The van der Waals surface area contributed by atoms with Crippen LogP contribution in [0.4, 0.5) is 4.79 Å². The van der Waals surface area contributed by atoms with Crippen LogP contribution in [-0.4, -0.2) is 42.9 Å². The number of ether oxygens (including phenoxy) is 1. The van der Waals surface area contributed by atoms with E-state index in [0.717, 1.165) is 26.1 Å². The first-order valence-corrected chi connectivity index (χ1v) is 6.89. The van der Waals surface area contributed by atoms with Crippen LogP contribution in [0.3, 0.4) is 0 Å². The lowest BCUT2D eigenvalue weighted by Crippen LogP contribution is -2.49. The van der Waals surface area contributed by atoms with E-state index in [1.165, 1.54) is 0 Å². The lowest BCUT2D eigenvalue weighted by Gasteiger charge is -2.20. The quantitative estimate of drug-likeness (QED) is 0.650. The summed E-state index contributed by atoms with van der Waals surface area (Å²) in [5.41, 5.74) is 0. The van der Waals surface area contributed by atoms with Gasteiger partial charge in [0.1, 0.15) is 6.04 Å². The second-order valence-corrected chi connectivity index (χ2v) is 5.12. The fraction of sp³-hybridized carbons (Fsp3) is 0.846. The van der Waals surface area contributed by atoms with Gasteiger partial charge in [-0.15, -0.1) is 0 Å². The van der Waals surface area contributed by atoms with Crippen LogP contribution in [-0.2, 0) is 9.53 Å². The van der Waals surface area contributed by atoms with Crippen LogP contribution in [0.5, 0.6) is 0 Å². The van der Waals surface area contributed by atoms with E-state index in [9.17, 15) is 9.59 Å². The maximum atomic E-state index is 11.6. The Morgan fingerprint density at radius 1 is 1.47 bits per heavy atom. The molecule has 19 heavy (non-hydrogen) atoms. The third kappa shape index (κ3) is 5.46. The van der Waals surface area contributed by atoms with Gasteiger partial charge in [0.2, 0.25) is 0 Å². The summed E-state index contributed by atoms with van der Waals surface area (Å²) in [7, 11) is 0. The van der Waals surface area contributed by atoms with Crippen molar-refractivity contribution in [3.05, 3.63) is 0 Å². The highest BCUT2D eigenvalue weighted by Gasteiger charge is 2.25. The fourth-order valence-electron chi connectivity index (χ4n) is 2.08. The monoisotopic (exact) mass is 272 g/mol. The molecule has 1 aliphatic heterocycles. The van der Waals surface area contributed by atoms with E-state index in [1.54, 1.807) is 0 Å². The number of carboxylic acid groups (broad SMARTS) is 1. The number of hydrogen-bond acceptors (Lipinski definition) is 3. The van der Waals surface area contributed by atoms with Crippen LogP contribution in [0.25, 0.3) is 0 Å². The molecule has 0 aromatic carbocycles. The Bertz CT molecular complexity index is 303. The molecule has 6 nitrogen and oxygen atoms in total. The normalized spacial score (nSPS) is 21.7. The molecule has 3 N–H and O–H groups in total. The molecule has 6 heteroatoms. The van der Waals surface area contributed by atoms with E-state index in [0.29, 0.717) is 18.9 Å². The van der Waals surface area contributed by atoms with E-state index < -0.39 is 18.0 Å². The number of carboxylic acids is 1. The van der Waals surface area contributed by atoms with Crippen LogP contribution in [0.2, 0.25) is 0 Å². The first-order chi connectivity index (χ1) is 9.04. The second-order valence-electron chi connectivity index (χ2n) is 5.12. The number of carbonyl (C=O) groups is 2. The minimum Gasteiger partial charge on any atom is -0.480 e. The van der Waals surface area contributed by atoms with Crippen molar-refractivity contribution < 1.29 is 19.4 Å². The van der Waals surface area contributed by atoms with Crippen LogP contribution in [0.1, 0.15) is 33.1 Å². The third-order valence-electron chi connectivity index (χ3n) is 3.63. The lowest BCUT2D eigenvalue weighted by atomic mass is 9.99. The van der Waals surface area contributed by atoms with Gasteiger partial charge in [0.25, 0.3) is 0 Å². The van der Waals surface area contributed by atoms with E-state index in [4.69, 9.17) is 9.84 Å². The van der Waals surface area contributed by atoms with E-state index >= 15 is 0 Å². The molecule has 1 aliphatic rings. The first-order valence-electron chi connectivity index (χ1n) is 6.89. The number of rotatable bonds is 7. The van der Waals surface area contributed by atoms with Crippen molar-refractivity contribution in [2.45, 2.75) is 39.2 Å². The molecule has 2 amide bonds. The van der Waals surface area contributed by atoms with E-state index in [2.05, 4.69) is 10.6 Å². The summed E-state index contributed by atoms with van der Waals surface area (Å²) in [5, 5.41) is 14.3. The van der Waals surface area contributed by atoms with Crippen molar-refractivity contribution in [3.8, 4) is 0 Å². The Morgan fingerprint density at radius 2 is 2.21 bits per heavy atom. The molecule has 0 saturated carbocycles. The van der Waals surface area contributed by atoms with Crippen molar-refractivity contribution in [3.63, 3.8) is 0 Å².